The summed E-state index contributed by atoms with van der Waals surface area (Å²) in [5.41, 5.74) is 0. The smallest absolute Gasteiger partial charge is 0.0207 e. The molecule has 1 rings (SSSR count). The molecule has 2 nitrogen and oxygen atoms in total. The number of likely N-dealkylation sites (tertiary alicyclic amines) is 1. The van der Waals surface area contributed by atoms with E-state index in [0.29, 0.717) is 0 Å². The van der Waals surface area contributed by atoms with Crippen LogP contribution in [0.3, 0.4) is 0 Å². The Morgan fingerprint density at radius 2 is 2.50 bits per heavy atom. The second-order valence-corrected chi connectivity index (χ2v) is 3.06. The lowest BCUT2D eigenvalue weighted by Gasteiger charge is -2.10. The van der Waals surface area contributed by atoms with Gasteiger partial charge in [0.05, 0.1) is 0 Å². The molecule has 0 spiro atoms. The third-order valence-electron chi connectivity index (χ3n) is 2.00. The van der Waals surface area contributed by atoms with Gasteiger partial charge in [0, 0.05) is 12.6 Å². The van der Waals surface area contributed by atoms with Crippen molar-refractivity contribution in [2.75, 3.05) is 26.7 Å². The van der Waals surface area contributed by atoms with Crippen molar-refractivity contribution in [2.45, 2.75) is 18.9 Å². The number of nitrogens with zero attached hydrogens (tertiary/aromatic N) is 1. The van der Waals surface area contributed by atoms with E-state index in [1.807, 2.05) is 0 Å². The van der Waals surface area contributed by atoms with Crippen molar-refractivity contribution in [3.05, 3.63) is 6.92 Å². The molecule has 0 saturated carbocycles. The maximum absolute atomic E-state index is 3.79. The van der Waals surface area contributed by atoms with E-state index in [0.717, 1.165) is 19.0 Å². The molecule has 1 aliphatic rings. The highest BCUT2D eigenvalue weighted by molar-refractivity contribution is 4.78. The van der Waals surface area contributed by atoms with Gasteiger partial charge < -0.3 is 10.2 Å². The Morgan fingerprint density at radius 1 is 1.70 bits per heavy atom. The molecule has 2 heteroatoms. The van der Waals surface area contributed by atoms with Crippen molar-refractivity contribution in [1.29, 1.82) is 0 Å². The topological polar surface area (TPSA) is 15.3 Å². The van der Waals surface area contributed by atoms with Crippen molar-refractivity contribution in [3.63, 3.8) is 0 Å². The Bertz CT molecular complexity index is 93.3. The van der Waals surface area contributed by atoms with Crippen LogP contribution in [0.15, 0.2) is 0 Å². The van der Waals surface area contributed by atoms with Crippen LogP contribution in [0.25, 0.3) is 0 Å². The molecule has 0 bridgehead atoms. The van der Waals surface area contributed by atoms with E-state index in [2.05, 4.69) is 24.2 Å². The van der Waals surface area contributed by atoms with Crippen LogP contribution in [0.2, 0.25) is 0 Å². The van der Waals surface area contributed by atoms with Crippen LogP contribution in [-0.4, -0.2) is 37.6 Å². The van der Waals surface area contributed by atoms with Gasteiger partial charge >= 0.3 is 0 Å². The molecule has 1 heterocycles. The van der Waals surface area contributed by atoms with Crippen LogP contribution in [0.1, 0.15) is 12.8 Å². The van der Waals surface area contributed by atoms with Crippen LogP contribution < -0.4 is 5.32 Å². The standard InChI is InChI=1S/C8H17N2/c1-3-5-9-8-4-6-10(2)7-8/h8-9H,1,3-7H2,2H3. The van der Waals surface area contributed by atoms with E-state index >= 15 is 0 Å². The predicted molar refractivity (Wildman–Crippen MR) is 43.9 cm³/mol. The van der Waals surface area contributed by atoms with Crippen LogP contribution in [-0.2, 0) is 0 Å². The van der Waals surface area contributed by atoms with Gasteiger partial charge in [-0.25, -0.2) is 0 Å². The van der Waals surface area contributed by atoms with Crippen molar-refractivity contribution in [1.82, 2.24) is 10.2 Å². The molecule has 1 N–H and O–H groups in total. The number of hydrogen-bond donors (Lipinski definition) is 1. The van der Waals surface area contributed by atoms with Gasteiger partial charge in [-0.2, -0.15) is 0 Å². The monoisotopic (exact) mass is 141 g/mol. The first-order valence-electron chi connectivity index (χ1n) is 4.04. The minimum Gasteiger partial charge on any atom is -0.313 e. The third kappa shape index (κ3) is 2.27. The molecule has 0 aromatic carbocycles. The van der Waals surface area contributed by atoms with Crippen molar-refractivity contribution in [3.8, 4) is 0 Å². The molecular formula is C8H17N2. The molecule has 1 saturated heterocycles. The maximum atomic E-state index is 3.79. The van der Waals surface area contributed by atoms with Crippen molar-refractivity contribution >= 4 is 0 Å². The van der Waals surface area contributed by atoms with Gasteiger partial charge in [0.25, 0.3) is 0 Å². The van der Waals surface area contributed by atoms with Gasteiger partial charge in [-0.05, 0) is 33.0 Å². The molecule has 0 aromatic rings. The number of hydrogen-bond acceptors (Lipinski definition) is 2. The van der Waals surface area contributed by atoms with Gasteiger partial charge in [-0.3, -0.25) is 0 Å². The van der Waals surface area contributed by atoms with Crippen LogP contribution in [0.4, 0.5) is 0 Å². The van der Waals surface area contributed by atoms with E-state index in [1.165, 1.54) is 19.5 Å². The first-order chi connectivity index (χ1) is 4.83. The first kappa shape index (κ1) is 8.02. The quantitative estimate of drug-likeness (QED) is 0.616. The molecule has 1 atom stereocenters. The largest absolute Gasteiger partial charge is 0.313 e. The van der Waals surface area contributed by atoms with Gasteiger partial charge in [0.1, 0.15) is 0 Å². The molecule has 1 fully saturated rings. The Kier molecular flexibility index (Phi) is 3.16. The molecule has 1 aliphatic heterocycles. The summed E-state index contributed by atoms with van der Waals surface area (Å²) in [6.07, 6.45) is 2.30. The van der Waals surface area contributed by atoms with Gasteiger partial charge in [-0.15, -0.1) is 0 Å². The van der Waals surface area contributed by atoms with E-state index in [4.69, 9.17) is 0 Å². The normalized spacial score (nSPS) is 27.6. The summed E-state index contributed by atoms with van der Waals surface area (Å²) < 4.78 is 0. The number of nitrogens with one attached hydrogen (secondary N) is 1. The van der Waals surface area contributed by atoms with Gasteiger partial charge in [-0.1, -0.05) is 6.92 Å². The summed E-state index contributed by atoms with van der Waals surface area (Å²) >= 11 is 0. The van der Waals surface area contributed by atoms with Gasteiger partial charge in [0.2, 0.25) is 0 Å². The SMILES string of the molecule is [CH2]CCNC1CCN(C)C1. The highest BCUT2D eigenvalue weighted by Crippen LogP contribution is 2.05. The minimum atomic E-state index is 0.728. The summed E-state index contributed by atoms with van der Waals surface area (Å²) in [5, 5.41) is 3.46. The maximum Gasteiger partial charge on any atom is 0.0207 e. The fraction of sp³-hybridized carbons (Fsp3) is 0.875. The lowest BCUT2D eigenvalue weighted by Crippen LogP contribution is -2.31. The second-order valence-electron chi connectivity index (χ2n) is 3.06. The lowest BCUT2D eigenvalue weighted by molar-refractivity contribution is 0.399. The summed E-state index contributed by atoms with van der Waals surface area (Å²) in [7, 11) is 2.17. The molecule has 59 valence electrons. The zero-order chi connectivity index (χ0) is 7.40. The fourth-order valence-electron chi connectivity index (χ4n) is 1.41. The summed E-state index contributed by atoms with van der Waals surface area (Å²) in [6.45, 7) is 7.31. The number of likely N-dealkylation sites (N-methyl/N-ethyl adjacent to an activating group) is 1. The number of rotatable bonds is 3. The molecular weight excluding hydrogens is 124 g/mol. The van der Waals surface area contributed by atoms with Crippen LogP contribution >= 0.6 is 0 Å². The highest BCUT2D eigenvalue weighted by atomic mass is 15.2. The Labute approximate surface area is 63.6 Å². The zero-order valence-electron chi connectivity index (χ0n) is 6.77. The summed E-state index contributed by atoms with van der Waals surface area (Å²) in [6, 6.07) is 0.728. The average Bonchev–Trinajstić information content (AvgIpc) is 2.31. The third-order valence-corrected chi connectivity index (χ3v) is 2.00. The zero-order valence-corrected chi connectivity index (χ0v) is 6.77. The van der Waals surface area contributed by atoms with E-state index < -0.39 is 0 Å². The Morgan fingerprint density at radius 3 is 3.00 bits per heavy atom. The second kappa shape index (κ2) is 3.94. The van der Waals surface area contributed by atoms with E-state index in [1.54, 1.807) is 0 Å². The molecule has 10 heavy (non-hydrogen) atoms. The van der Waals surface area contributed by atoms with E-state index in [9.17, 15) is 0 Å². The van der Waals surface area contributed by atoms with Gasteiger partial charge in [0.15, 0.2) is 0 Å². The molecule has 1 unspecified atom stereocenters. The molecule has 0 amide bonds. The van der Waals surface area contributed by atoms with E-state index in [-0.39, 0.29) is 0 Å². The van der Waals surface area contributed by atoms with Crippen LogP contribution in [0.5, 0.6) is 0 Å². The summed E-state index contributed by atoms with van der Waals surface area (Å²) in [4.78, 5) is 2.36. The highest BCUT2D eigenvalue weighted by Gasteiger charge is 2.17. The van der Waals surface area contributed by atoms with Crippen molar-refractivity contribution in [2.24, 2.45) is 0 Å². The minimum absolute atomic E-state index is 0.728. The molecule has 1 radical (unpaired) electrons. The Balaban J connectivity index is 2.06. The van der Waals surface area contributed by atoms with Crippen molar-refractivity contribution < 1.29 is 0 Å². The molecule has 0 aliphatic carbocycles. The first-order valence-corrected chi connectivity index (χ1v) is 4.04. The lowest BCUT2D eigenvalue weighted by atomic mass is 10.2. The summed E-state index contributed by atoms with van der Waals surface area (Å²) in [5.74, 6) is 0. The van der Waals surface area contributed by atoms with Crippen LogP contribution in [0, 0.1) is 6.92 Å². The average molecular weight is 141 g/mol. The fourth-order valence-corrected chi connectivity index (χ4v) is 1.41. The molecule has 0 aromatic heterocycles. The Hall–Kier alpha value is -0.0800. The predicted octanol–water partition coefficient (Wildman–Crippen LogP) is 0.504.